The third-order valence-corrected chi connectivity index (χ3v) is 0.808. The molecule has 0 saturated carbocycles. The van der Waals surface area contributed by atoms with Gasteiger partial charge >= 0.3 is 0 Å². The van der Waals surface area contributed by atoms with E-state index in [1.54, 1.807) is 6.92 Å². The highest BCUT2D eigenvalue weighted by Gasteiger charge is 1.98. The van der Waals surface area contributed by atoms with Crippen LogP contribution >= 0.6 is 0 Å². The standard InChI is InChI=1S/C6H8O5/c1-2-11-3-4(5(7)8)6(9)10/h3H,2H2,1H3,(H,7,8)(H,9,10)/p-2. The van der Waals surface area contributed by atoms with Crippen LogP contribution in [0.3, 0.4) is 0 Å². The number of carboxylic acids is 2. The normalized spacial score (nSPS) is 8.45. The fraction of sp³-hybridized carbons (Fsp3) is 0.333. The number of carbonyl (C=O) groups excluding carboxylic acids is 2. The highest BCUT2D eigenvalue weighted by atomic mass is 16.5. The minimum absolute atomic E-state index is 0.185. The number of hydrogen-bond donors (Lipinski definition) is 0. The van der Waals surface area contributed by atoms with Crippen LogP contribution in [-0.2, 0) is 14.3 Å². The Morgan fingerprint density at radius 2 is 1.82 bits per heavy atom. The molecule has 0 unspecified atom stereocenters. The Balaban J connectivity index is 4.33. The van der Waals surface area contributed by atoms with Crippen LogP contribution in [0.25, 0.3) is 0 Å². The monoisotopic (exact) mass is 158 g/mol. The molecule has 0 bridgehead atoms. The molecule has 0 atom stereocenters. The molecular formula is C6H6O5-2. The van der Waals surface area contributed by atoms with Gasteiger partial charge in [0.15, 0.2) is 0 Å². The molecule has 11 heavy (non-hydrogen) atoms. The Labute approximate surface area is 62.9 Å². The molecule has 0 N–H and O–H groups in total. The first-order chi connectivity index (χ1) is 5.09. The zero-order valence-corrected chi connectivity index (χ0v) is 5.83. The van der Waals surface area contributed by atoms with Crippen LogP contribution in [0.5, 0.6) is 0 Å². The molecule has 0 rings (SSSR count). The van der Waals surface area contributed by atoms with Gasteiger partial charge in [0.1, 0.15) is 0 Å². The molecule has 0 aromatic heterocycles. The third kappa shape index (κ3) is 3.24. The number of hydrogen-bond acceptors (Lipinski definition) is 5. The minimum Gasteiger partial charge on any atom is -0.545 e. The van der Waals surface area contributed by atoms with E-state index >= 15 is 0 Å². The zero-order valence-electron chi connectivity index (χ0n) is 5.83. The number of carboxylic acid groups (broad SMARTS) is 2. The van der Waals surface area contributed by atoms with E-state index in [1.165, 1.54) is 0 Å². The summed E-state index contributed by atoms with van der Waals surface area (Å²) >= 11 is 0. The van der Waals surface area contributed by atoms with E-state index in [2.05, 4.69) is 4.74 Å². The van der Waals surface area contributed by atoms with Crippen LogP contribution < -0.4 is 10.2 Å². The maximum Gasteiger partial charge on any atom is 0.0937 e. The second-order valence-corrected chi connectivity index (χ2v) is 1.56. The maximum absolute atomic E-state index is 9.97. The van der Waals surface area contributed by atoms with Gasteiger partial charge in [0.25, 0.3) is 0 Å². The van der Waals surface area contributed by atoms with E-state index in [-0.39, 0.29) is 6.61 Å². The quantitative estimate of drug-likeness (QED) is 0.194. The van der Waals surface area contributed by atoms with Crippen LogP contribution in [-0.4, -0.2) is 18.5 Å². The highest BCUT2D eigenvalue weighted by molar-refractivity contribution is 6.10. The van der Waals surface area contributed by atoms with E-state index in [0.29, 0.717) is 6.26 Å². The van der Waals surface area contributed by atoms with Gasteiger partial charge in [-0.2, -0.15) is 0 Å². The van der Waals surface area contributed by atoms with Gasteiger partial charge in [0.05, 0.1) is 30.4 Å². The lowest BCUT2D eigenvalue weighted by atomic mass is 10.3. The summed E-state index contributed by atoms with van der Waals surface area (Å²) in [5.41, 5.74) is -0.994. The first-order valence-corrected chi connectivity index (χ1v) is 2.84. The zero-order chi connectivity index (χ0) is 8.85. The van der Waals surface area contributed by atoms with Crippen LogP contribution in [0, 0.1) is 0 Å². The molecule has 0 heterocycles. The second kappa shape index (κ2) is 4.32. The molecular weight excluding hydrogens is 152 g/mol. The Kier molecular flexibility index (Phi) is 3.72. The summed E-state index contributed by atoms with van der Waals surface area (Å²) < 4.78 is 4.41. The lowest BCUT2D eigenvalue weighted by Crippen LogP contribution is -2.36. The first-order valence-electron chi connectivity index (χ1n) is 2.84. The highest BCUT2D eigenvalue weighted by Crippen LogP contribution is 1.90. The van der Waals surface area contributed by atoms with Gasteiger partial charge < -0.3 is 24.5 Å². The van der Waals surface area contributed by atoms with Gasteiger partial charge in [-0.05, 0) is 6.92 Å². The molecule has 0 aliphatic carbocycles. The van der Waals surface area contributed by atoms with Crippen molar-refractivity contribution in [1.29, 1.82) is 0 Å². The molecule has 0 radical (unpaired) electrons. The Morgan fingerprint density at radius 3 is 2.09 bits per heavy atom. The number of ether oxygens (including phenoxy) is 1. The summed E-state index contributed by atoms with van der Waals surface area (Å²) in [6.45, 7) is 1.77. The maximum atomic E-state index is 9.97. The molecule has 0 fully saturated rings. The van der Waals surface area contributed by atoms with Crippen LogP contribution in [0.15, 0.2) is 11.8 Å². The van der Waals surface area contributed by atoms with Crippen molar-refractivity contribution in [2.24, 2.45) is 0 Å². The average Bonchev–Trinajstić information content (AvgIpc) is 1.87. The number of carbonyl (C=O) groups is 2. The van der Waals surface area contributed by atoms with Crippen molar-refractivity contribution in [2.45, 2.75) is 6.92 Å². The molecule has 0 aromatic rings. The van der Waals surface area contributed by atoms with Gasteiger partial charge in [-0.15, -0.1) is 0 Å². The summed E-state index contributed by atoms with van der Waals surface area (Å²) in [6.07, 6.45) is 0.588. The van der Waals surface area contributed by atoms with Crippen molar-refractivity contribution in [3.8, 4) is 0 Å². The summed E-state index contributed by atoms with van der Waals surface area (Å²) in [5, 5.41) is 19.9. The second-order valence-electron chi connectivity index (χ2n) is 1.56. The first kappa shape index (κ1) is 9.48. The van der Waals surface area contributed by atoms with Gasteiger partial charge in [-0.25, -0.2) is 0 Å². The fourth-order valence-corrected chi connectivity index (χ4v) is 0.346. The van der Waals surface area contributed by atoms with Crippen LogP contribution in [0.2, 0.25) is 0 Å². The van der Waals surface area contributed by atoms with E-state index in [4.69, 9.17) is 0 Å². The molecule has 0 aliphatic rings. The van der Waals surface area contributed by atoms with Crippen molar-refractivity contribution >= 4 is 11.9 Å². The van der Waals surface area contributed by atoms with Crippen LogP contribution in [0.4, 0.5) is 0 Å². The van der Waals surface area contributed by atoms with Gasteiger partial charge in [0, 0.05) is 0 Å². The van der Waals surface area contributed by atoms with E-state index in [9.17, 15) is 19.8 Å². The smallest absolute Gasteiger partial charge is 0.0937 e. The van der Waals surface area contributed by atoms with Gasteiger partial charge in [-0.3, -0.25) is 0 Å². The minimum atomic E-state index is -1.82. The average molecular weight is 158 g/mol. The summed E-state index contributed by atoms with van der Waals surface area (Å²) in [7, 11) is 0. The molecule has 5 nitrogen and oxygen atoms in total. The van der Waals surface area contributed by atoms with E-state index in [1.807, 2.05) is 0 Å². The summed E-state index contributed by atoms with van der Waals surface area (Å²) in [4.78, 5) is 19.9. The topological polar surface area (TPSA) is 89.5 Å². The summed E-state index contributed by atoms with van der Waals surface area (Å²) in [6, 6.07) is 0. The molecule has 5 heteroatoms. The summed E-state index contributed by atoms with van der Waals surface area (Å²) in [5.74, 6) is -3.64. The van der Waals surface area contributed by atoms with Crippen molar-refractivity contribution in [3.63, 3.8) is 0 Å². The van der Waals surface area contributed by atoms with Crippen LogP contribution in [0.1, 0.15) is 6.92 Å². The SMILES string of the molecule is CCOC=C(C(=O)[O-])C(=O)[O-]. The lowest BCUT2D eigenvalue weighted by Gasteiger charge is -2.08. The van der Waals surface area contributed by atoms with Crippen molar-refractivity contribution < 1.29 is 24.5 Å². The van der Waals surface area contributed by atoms with E-state index in [0.717, 1.165) is 0 Å². The predicted octanol–water partition coefficient (Wildman–Crippen LogP) is -2.59. The van der Waals surface area contributed by atoms with Gasteiger partial charge in [0.2, 0.25) is 0 Å². The Bertz CT molecular complexity index is 177. The molecule has 0 aromatic carbocycles. The molecule has 0 saturated heterocycles. The van der Waals surface area contributed by atoms with Gasteiger partial charge in [-0.1, -0.05) is 0 Å². The third-order valence-electron chi connectivity index (χ3n) is 0.808. The lowest BCUT2D eigenvalue weighted by molar-refractivity contribution is -0.312. The largest absolute Gasteiger partial charge is 0.545 e. The van der Waals surface area contributed by atoms with Crippen molar-refractivity contribution in [3.05, 3.63) is 11.8 Å². The number of aliphatic carboxylic acids is 2. The van der Waals surface area contributed by atoms with E-state index < -0.39 is 17.5 Å². The number of rotatable bonds is 4. The molecule has 0 amide bonds. The van der Waals surface area contributed by atoms with Crippen molar-refractivity contribution in [1.82, 2.24) is 0 Å². The fourth-order valence-electron chi connectivity index (χ4n) is 0.346. The molecule has 0 spiro atoms. The predicted molar refractivity (Wildman–Crippen MR) is 29.7 cm³/mol. The molecule has 62 valence electrons. The molecule has 0 aliphatic heterocycles. The Hall–Kier alpha value is -1.52. The Morgan fingerprint density at radius 1 is 1.36 bits per heavy atom. The van der Waals surface area contributed by atoms with Crippen molar-refractivity contribution in [2.75, 3.05) is 6.61 Å².